The Kier molecular flexibility index (Phi) is 6.12. The number of rotatable bonds is 5. The number of piperidine rings is 1. The van der Waals surface area contributed by atoms with E-state index < -0.39 is 26.7 Å². The Morgan fingerprint density at radius 1 is 1.09 bits per heavy atom. The number of Topliss-reactive ketones (excluding diaryl/α,β-unsaturated/α-hetero) is 1. The first-order valence-electron chi connectivity index (χ1n) is 9.91. The molecule has 3 aromatic rings. The first-order chi connectivity index (χ1) is 15.8. The summed E-state index contributed by atoms with van der Waals surface area (Å²) in [6, 6.07) is 13.7. The molecule has 0 amide bonds. The molecule has 2 aromatic carbocycles. The largest absolute Gasteiger partial charge is 0.294 e. The Balaban J connectivity index is 1.76. The highest BCUT2D eigenvalue weighted by Gasteiger charge is 2.38. The molecule has 0 saturated carbocycles. The van der Waals surface area contributed by atoms with Crippen LogP contribution in [-0.4, -0.2) is 41.5 Å². The van der Waals surface area contributed by atoms with Crippen LogP contribution in [0.5, 0.6) is 0 Å². The summed E-state index contributed by atoms with van der Waals surface area (Å²) < 4.78 is 42.1. The Morgan fingerprint density at radius 3 is 2.45 bits per heavy atom. The Labute approximate surface area is 189 Å². The Bertz CT molecular complexity index is 1340. The normalized spacial score (nSPS) is 18.4. The maximum atomic E-state index is 14.2. The van der Waals surface area contributed by atoms with Crippen LogP contribution in [0.4, 0.5) is 10.1 Å². The number of nitro groups is 1. The number of sulfonamides is 1. The average Bonchev–Trinajstić information content (AvgIpc) is 2.82. The molecule has 0 bridgehead atoms. The minimum atomic E-state index is -4.10. The molecule has 1 aromatic heterocycles. The van der Waals surface area contributed by atoms with Gasteiger partial charge in [-0.15, -0.1) is 0 Å². The third kappa shape index (κ3) is 4.57. The summed E-state index contributed by atoms with van der Waals surface area (Å²) in [7, 11) is -4.10. The van der Waals surface area contributed by atoms with Crippen LogP contribution >= 0.6 is 0 Å². The molecular weight excluding hydrogens is 449 g/mol. The number of aromatic nitrogens is 1. The van der Waals surface area contributed by atoms with E-state index in [1.165, 1.54) is 36.7 Å². The van der Waals surface area contributed by atoms with Crippen LogP contribution in [0.25, 0.3) is 6.08 Å². The van der Waals surface area contributed by atoms with Crippen molar-refractivity contribution < 1.29 is 22.5 Å². The number of nitro benzene ring substituents is 1. The van der Waals surface area contributed by atoms with E-state index in [4.69, 9.17) is 0 Å². The van der Waals surface area contributed by atoms with Crippen LogP contribution in [0, 0.1) is 15.9 Å². The maximum Gasteiger partial charge on any atom is 0.269 e. The number of hydrogen-bond acceptors (Lipinski definition) is 6. The lowest BCUT2D eigenvalue weighted by Crippen LogP contribution is -2.44. The summed E-state index contributed by atoms with van der Waals surface area (Å²) in [5, 5.41) is 10.9. The Hall–Kier alpha value is -3.76. The topological polar surface area (TPSA) is 110 Å². The molecular formula is C23H18FN3O5S. The summed E-state index contributed by atoms with van der Waals surface area (Å²) >= 11 is 0. The number of pyridine rings is 1. The van der Waals surface area contributed by atoms with Crippen LogP contribution in [0.15, 0.2) is 83.5 Å². The van der Waals surface area contributed by atoms with E-state index in [-0.39, 0.29) is 40.6 Å². The van der Waals surface area contributed by atoms with Crippen molar-refractivity contribution in [3.8, 4) is 0 Å². The number of carbonyl (C=O) groups excluding carboxylic acids is 1. The number of carbonyl (C=O) groups is 1. The summed E-state index contributed by atoms with van der Waals surface area (Å²) in [5.41, 5.74) is 0.590. The quantitative estimate of drug-likeness (QED) is 0.322. The zero-order valence-electron chi connectivity index (χ0n) is 17.2. The molecule has 2 heterocycles. The van der Waals surface area contributed by atoms with Gasteiger partial charge in [0.25, 0.3) is 5.69 Å². The van der Waals surface area contributed by atoms with Gasteiger partial charge in [0.1, 0.15) is 5.82 Å². The van der Waals surface area contributed by atoms with Gasteiger partial charge in [0.2, 0.25) is 10.0 Å². The van der Waals surface area contributed by atoms with Gasteiger partial charge in [-0.3, -0.25) is 19.9 Å². The molecule has 33 heavy (non-hydrogen) atoms. The van der Waals surface area contributed by atoms with Crippen molar-refractivity contribution in [1.82, 2.24) is 9.29 Å². The summed E-state index contributed by atoms with van der Waals surface area (Å²) in [4.78, 5) is 27.4. The minimum Gasteiger partial charge on any atom is -0.294 e. The third-order valence-corrected chi connectivity index (χ3v) is 7.20. The molecule has 10 heteroatoms. The number of nitrogens with zero attached hydrogens (tertiary/aromatic N) is 3. The standard InChI is InChI=1S/C23H18FN3O5S/c24-22-6-2-1-4-16(22)12-18-14-26(15-21(23(18)28)17-5-3-11-25-13-17)33(31,32)20-9-7-19(8-10-20)27(29)30/h1-13,21H,14-15H2. The molecule has 1 aliphatic heterocycles. The van der Waals surface area contributed by atoms with Gasteiger partial charge in [0, 0.05) is 48.8 Å². The van der Waals surface area contributed by atoms with Crippen LogP contribution in [0.1, 0.15) is 17.0 Å². The van der Waals surface area contributed by atoms with Crippen molar-refractivity contribution in [1.29, 1.82) is 0 Å². The third-order valence-electron chi connectivity index (χ3n) is 5.37. The van der Waals surface area contributed by atoms with Crippen molar-refractivity contribution in [3.05, 3.63) is 106 Å². The second-order valence-corrected chi connectivity index (χ2v) is 9.38. The smallest absolute Gasteiger partial charge is 0.269 e. The lowest BCUT2D eigenvalue weighted by molar-refractivity contribution is -0.384. The van der Waals surface area contributed by atoms with E-state index in [2.05, 4.69) is 4.98 Å². The molecule has 168 valence electrons. The first-order valence-corrected chi connectivity index (χ1v) is 11.4. The summed E-state index contributed by atoms with van der Waals surface area (Å²) in [6.45, 7) is -0.401. The van der Waals surface area contributed by atoms with E-state index in [0.29, 0.717) is 5.56 Å². The summed E-state index contributed by atoms with van der Waals surface area (Å²) in [5.74, 6) is -1.69. The second kappa shape index (κ2) is 9.00. The fourth-order valence-electron chi connectivity index (χ4n) is 3.65. The molecule has 0 aliphatic carbocycles. The zero-order chi connectivity index (χ0) is 23.6. The van der Waals surface area contributed by atoms with Gasteiger partial charge in [0.15, 0.2) is 5.78 Å². The maximum absolute atomic E-state index is 14.2. The van der Waals surface area contributed by atoms with Crippen molar-refractivity contribution in [2.45, 2.75) is 10.8 Å². The molecule has 1 atom stereocenters. The molecule has 0 spiro atoms. The van der Waals surface area contributed by atoms with Gasteiger partial charge in [-0.25, -0.2) is 12.8 Å². The fraction of sp³-hybridized carbons (Fsp3) is 0.130. The first kappa shape index (κ1) is 22.4. The fourth-order valence-corrected chi connectivity index (χ4v) is 5.08. The van der Waals surface area contributed by atoms with E-state index in [9.17, 15) is 27.7 Å². The predicted octanol–water partition coefficient (Wildman–Crippen LogP) is 3.57. The van der Waals surface area contributed by atoms with E-state index in [1.54, 1.807) is 18.2 Å². The van der Waals surface area contributed by atoms with Gasteiger partial charge in [-0.1, -0.05) is 24.3 Å². The highest BCUT2D eigenvalue weighted by atomic mass is 32.2. The minimum absolute atomic E-state index is 0.130. The number of halogens is 1. The second-order valence-electron chi connectivity index (χ2n) is 7.44. The monoisotopic (exact) mass is 467 g/mol. The molecule has 1 unspecified atom stereocenters. The molecule has 8 nitrogen and oxygen atoms in total. The zero-order valence-corrected chi connectivity index (χ0v) is 18.0. The number of hydrogen-bond donors (Lipinski definition) is 0. The van der Waals surface area contributed by atoms with Crippen LogP contribution in [0.3, 0.4) is 0 Å². The molecule has 1 fully saturated rings. The SMILES string of the molecule is O=C1C(=Cc2ccccc2F)CN(S(=O)(=O)c2ccc([N+](=O)[O-])cc2)CC1c1cccnc1. The highest BCUT2D eigenvalue weighted by Crippen LogP contribution is 2.32. The van der Waals surface area contributed by atoms with Gasteiger partial charge in [-0.2, -0.15) is 4.31 Å². The lowest BCUT2D eigenvalue weighted by atomic mass is 9.87. The van der Waals surface area contributed by atoms with E-state index in [1.807, 2.05) is 0 Å². The predicted molar refractivity (Wildman–Crippen MR) is 118 cm³/mol. The average molecular weight is 467 g/mol. The van der Waals surface area contributed by atoms with Crippen molar-refractivity contribution in [2.24, 2.45) is 0 Å². The van der Waals surface area contributed by atoms with Gasteiger partial charge in [0.05, 0.1) is 15.7 Å². The molecule has 0 radical (unpaired) electrons. The molecule has 0 N–H and O–H groups in total. The van der Waals surface area contributed by atoms with Crippen molar-refractivity contribution >= 4 is 27.6 Å². The number of benzene rings is 2. The van der Waals surface area contributed by atoms with Gasteiger partial charge in [-0.05, 0) is 35.9 Å². The van der Waals surface area contributed by atoms with Gasteiger partial charge < -0.3 is 0 Å². The number of ketones is 1. The van der Waals surface area contributed by atoms with Crippen molar-refractivity contribution in [2.75, 3.05) is 13.1 Å². The van der Waals surface area contributed by atoms with Crippen LogP contribution in [0.2, 0.25) is 0 Å². The van der Waals surface area contributed by atoms with Gasteiger partial charge >= 0.3 is 0 Å². The van der Waals surface area contributed by atoms with Crippen LogP contribution < -0.4 is 0 Å². The summed E-state index contributed by atoms with van der Waals surface area (Å²) in [6.07, 6.45) is 4.39. The van der Waals surface area contributed by atoms with E-state index in [0.717, 1.165) is 28.6 Å². The highest BCUT2D eigenvalue weighted by molar-refractivity contribution is 7.89. The Morgan fingerprint density at radius 2 is 1.82 bits per heavy atom. The number of non-ortho nitro benzene ring substituents is 1. The molecule has 1 saturated heterocycles. The van der Waals surface area contributed by atoms with Crippen molar-refractivity contribution in [3.63, 3.8) is 0 Å². The molecule has 4 rings (SSSR count). The lowest BCUT2D eigenvalue weighted by Gasteiger charge is -2.32. The molecule has 1 aliphatic rings. The van der Waals surface area contributed by atoms with Crippen LogP contribution in [-0.2, 0) is 14.8 Å². The van der Waals surface area contributed by atoms with E-state index >= 15 is 0 Å².